The van der Waals surface area contributed by atoms with Crippen molar-refractivity contribution in [2.75, 3.05) is 13.2 Å². The molecule has 0 aliphatic carbocycles. The van der Waals surface area contributed by atoms with Crippen LogP contribution < -0.4 is 0 Å². The van der Waals surface area contributed by atoms with E-state index >= 15 is 0 Å². The average molecular weight is 271 g/mol. The Morgan fingerprint density at radius 1 is 1.60 bits per heavy atom. The lowest BCUT2D eigenvalue weighted by molar-refractivity contribution is 0.153. The second-order valence-corrected chi connectivity index (χ2v) is 4.75. The topological polar surface area (TPSA) is 36.4 Å². The Balaban J connectivity index is 2.02. The highest BCUT2D eigenvalue weighted by Crippen LogP contribution is 2.20. The maximum Gasteiger partial charge on any atom is 0.106 e. The summed E-state index contributed by atoms with van der Waals surface area (Å²) in [7, 11) is 0. The van der Waals surface area contributed by atoms with Crippen molar-refractivity contribution in [3.05, 3.63) is 28.5 Å². The first-order chi connectivity index (χ1) is 7.29. The summed E-state index contributed by atoms with van der Waals surface area (Å²) in [6, 6.07) is 4.40. The fourth-order valence-electron chi connectivity index (χ4n) is 2.09. The van der Waals surface area contributed by atoms with Gasteiger partial charge >= 0.3 is 0 Å². The number of rotatable bonds is 3. The first-order valence-corrected chi connectivity index (χ1v) is 6.04. The lowest BCUT2D eigenvalue weighted by Crippen LogP contribution is -2.31. The molecule has 1 fully saturated rings. The van der Waals surface area contributed by atoms with E-state index in [0.29, 0.717) is 6.04 Å². The normalized spacial score (nSPS) is 22.1. The summed E-state index contributed by atoms with van der Waals surface area (Å²) in [5, 5.41) is 9.21. The van der Waals surface area contributed by atoms with Gasteiger partial charge in [-0.1, -0.05) is 0 Å². The molecule has 4 heteroatoms. The molecule has 82 valence electrons. The van der Waals surface area contributed by atoms with Gasteiger partial charge in [0, 0.05) is 18.8 Å². The predicted octanol–water partition coefficient (Wildman–Crippen LogP) is 1.80. The van der Waals surface area contributed by atoms with Gasteiger partial charge in [0.15, 0.2) is 0 Å². The van der Waals surface area contributed by atoms with Gasteiger partial charge < -0.3 is 5.11 Å². The molecule has 1 saturated heterocycles. The van der Waals surface area contributed by atoms with E-state index < -0.39 is 0 Å². The summed E-state index contributed by atoms with van der Waals surface area (Å²) >= 11 is 3.36. The second kappa shape index (κ2) is 5.05. The lowest BCUT2D eigenvalue weighted by Gasteiger charge is -2.22. The van der Waals surface area contributed by atoms with Gasteiger partial charge in [0.1, 0.15) is 4.60 Å². The monoisotopic (exact) mass is 270 g/mol. The van der Waals surface area contributed by atoms with Gasteiger partial charge in [-0.15, -0.1) is 0 Å². The van der Waals surface area contributed by atoms with Crippen LogP contribution in [-0.2, 0) is 6.54 Å². The molecule has 1 aromatic heterocycles. The third kappa shape index (κ3) is 2.77. The molecule has 0 unspecified atom stereocenters. The van der Waals surface area contributed by atoms with Crippen molar-refractivity contribution in [1.29, 1.82) is 0 Å². The number of nitrogens with zero attached hydrogens (tertiary/aromatic N) is 2. The molecule has 1 aliphatic rings. The number of hydrogen-bond acceptors (Lipinski definition) is 3. The molecule has 0 saturated carbocycles. The Bertz CT molecular complexity index is 332. The van der Waals surface area contributed by atoms with Gasteiger partial charge in [0.25, 0.3) is 0 Å². The Kier molecular flexibility index (Phi) is 3.72. The molecule has 0 radical (unpaired) electrons. The van der Waals surface area contributed by atoms with Gasteiger partial charge in [-0.3, -0.25) is 4.90 Å². The molecule has 1 aromatic rings. The highest BCUT2D eigenvalue weighted by atomic mass is 79.9. The summed E-state index contributed by atoms with van der Waals surface area (Å²) in [5.74, 6) is 0. The predicted molar refractivity (Wildman–Crippen MR) is 62.5 cm³/mol. The molecule has 2 heterocycles. The van der Waals surface area contributed by atoms with Crippen molar-refractivity contribution in [2.45, 2.75) is 25.4 Å². The van der Waals surface area contributed by atoms with Gasteiger partial charge in [-0.2, -0.15) is 0 Å². The first-order valence-electron chi connectivity index (χ1n) is 5.25. The zero-order chi connectivity index (χ0) is 10.7. The molecule has 0 spiro atoms. The van der Waals surface area contributed by atoms with E-state index in [0.717, 1.165) is 24.1 Å². The average Bonchev–Trinajstić information content (AvgIpc) is 2.65. The number of pyridine rings is 1. The SMILES string of the molecule is OC[C@H]1CCCN1Cc1ccnc(Br)c1. The van der Waals surface area contributed by atoms with Crippen molar-refractivity contribution < 1.29 is 5.11 Å². The minimum Gasteiger partial charge on any atom is -0.395 e. The summed E-state index contributed by atoms with van der Waals surface area (Å²) in [6.45, 7) is 2.27. The second-order valence-electron chi connectivity index (χ2n) is 3.94. The fourth-order valence-corrected chi connectivity index (χ4v) is 2.50. The van der Waals surface area contributed by atoms with Crippen molar-refractivity contribution in [3.8, 4) is 0 Å². The van der Waals surface area contributed by atoms with E-state index in [1.807, 2.05) is 18.3 Å². The largest absolute Gasteiger partial charge is 0.395 e. The third-order valence-corrected chi connectivity index (χ3v) is 3.32. The Labute approximate surface area is 98.3 Å². The Hall–Kier alpha value is -0.450. The van der Waals surface area contributed by atoms with Gasteiger partial charge in [-0.25, -0.2) is 4.98 Å². The molecule has 0 amide bonds. The van der Waals surface area contributed by atoms with Crippen molar-refractivity contribution in [3.63, 3.8) is 0 Å². The van der Waals surface area contributed by atoms with E-state index in [2.05, 4.69) is 25.8 Å². The molecular formula is C11H15BrN2O. The molecule has 3 nitrogen and oxygen atoms in total. The van der Waals surface area contributed by atoms with Crippen LogP contribution in [-0.4, -0.2) is 34.2 Å². The standard InChI is InChI=1S/C11H15BrN2O/c12-11-6-9(3-4-13-11)7-14-5-1-2-10(14)8-15/h3-4,6,10,15H,1-2,5,7-8H2/t10-/m1/s1. The maximum atomic E-state index is 9.21. The van der Waals surface area contributed by atoms with Crippen LogP contribution in [0.3, 0.4) is 0 Å². The number of aromatic nitrogens is 1. The summed E-state index contributed by atoms with van der Waals surface area (Å²) in [4.78, 5) is 6.44. The number of aliphatic hydroxyl groups is 1. The number of hydrogen-bond donors (Lipinski definition) is 1. The number of likely N-dealkylation sites (tertiary alicyclic amines) is 1. The van der Waals surface area contributed by atoms with Gasteiger partial charge in [-0.05, 0) is 53.0 Å². The first kappa shape index (κ1) is 11.0. The highest BCUT2D eigenvalue weighted by Gasteiger charge is 2.23. The molecule has 1 aliphatic heterocycles. The van der Waals surface area contributed by atoms with E-state index in [-0.39, 0.29) is 6.61 Å². The third-order valence-electron chi connectivity index (χ3n) is 2.89. The van der Waals surface area contributed by atoms with Crippen molar-refractivity contribution in [2.24, 2.45) is 0 Å². The quantitative estimate of drug-likeness (QED) is 0.852. The zero-order valence-electron chi connectivity index (χ0n) is 8.56. The van der Waals surface area contributed by atoms with Crippen molar-refractivity contribution >= 4 is 15.9 Å². The van der Waals surface area contributed by atoms with Crippen LogP contribution in [0.25, 0.3) is 0 Å². The van der Waals surface area contributed by atoms with E-state index in [4.69, 9.17) is 0 Å². The summed E-state index contributed by atoms with van der Waals surface area (Å²) in [6.07, 6.45) is 4.11. The van der Waals surface area contributed by atoms with E-state index in [1.165, 1.54) is 12.0 Å². The van der Waals surface area contributed by atoms with Crippen molar-refractivity contribution in [1.82, 2.24) is 9.88 Å². The highest BCUT2D eigenvalue weighted by molar-refractivity contribution is 9.10. The summed E-state index contributed by atoms with van der Waals surface area (Å²) in [5.41, 5.74) is 1.25. The minimum atomic E-state index is 0.270. The smallest absolute Gasteiger partial charge is 0.106 e. The van der Waals surface area contributed by atoms with Crippen LogP contribution in [0.5, 0.6) is 0 Å². The fraction of sp³-hybridized carbons (Fsp3) is 0.545. The van der Waals surface area contributed by atoms with Gasteiger partial charge in [0.2, 0.25) is 0 Å². The molecule has 0 bridgehead atoms. The Morgan fingerprint density at radius 3 is 3.20 bits per heavy atom. The maximum absolute atomic E-state index is 9.21. The zero-order valence-corrected chi connectivity index (χ0v) is 10.2. The minimum absolute atomic E-state index is 0.270. The van der Waals surface area contributed by atoms with E-state index in [9.17, 15) is 5.11 Å². The van der Waals surface area contributed by atoms with E-state index in [1.54, 1.807) is 0 Å². The molecule has 15 heavy (non-hydrogen) atoms. The number of halogens is 1. The molecule has 1 N–H and O–H groups in total. The summed E-state index contributed by atoms with van der Waals surface area (Å²) < 4.78 is 0.875. The van der Waals surface area contributed by atoms with Crippen LogP contribution in [0.4, 0.5) is 0 Å². The molecule has 1 atom stereocenters. The van der Waals surface area contributed by atoms with Crippen LogP contribution in [0.15, 0.2) is 22.9 Å². The van der Waals surface area contributed by atoms with Crippen LogP contribution in [0.1, 0.15) is 18.4 Å². The van der Waals surface area contributed by atoms with Crippen LogP contribution in [0, 0.1) is 0 Å². The number of aliphatic hydroxyl groups excluding tert-OH is 1. The molecule has 2 rings (SSSR count). The molecular weight excluding hydrogens is 256 g/mol. The molecule has 0 aromatic carbocycles. The van der Waals surface area contributed by atoms with Gasteiger partial charge in [0.05, 0.1) is 6.61 Å². The lowest BCUT2D eigenvalue weighted by atomic mass is 10.2. The Morgan fingerprint density at radius 2 is 2.47 bits per heavy atom. The van der Waals surface area contributed by atoms with Crippen LogP contribution >= 0.6 is 15.9 Å². The van der Waals surface area contributed by atoms with Crippen LogP contribution in [0.2, 0.25) is 0 Å².